The molecule has 0 aromatic heterocycles. The minimum atomic E-state index is -1.43. The van der Waals surface area contributed by atoms with Crippen molar-refractivity contribution in [1.82, 2.24) is 0 Å². The summed E-state index contributed by atoms with van der Waals surface area (Å²) in [6.45, 7) is 18.0. The second-order valence-corrected chi connectivity index (χ2v) is 18.6. The predicted octanol–water partition coefficient (Wildman–Crippen LogP) is 6.43. The smallest absolute Gasteiger partial charge is 0.127 e. The second kappa shape index (κ2) is 7.71. The number of aryl methyl sites for hydroxylation is 2. The van der Waals surface area contributed by atoms with E-state index in [1.54, 1.807) is 0 Å². The lowest BCUT2D eigenvalue weighted by molar-refractivity contribution is 1.42. The molecule has 0 aliphatic heterocycles. The van der Waals surface area contributed by atoms with Gasteiger partial charge in [0.2, 0.25) is 0 Å². The van der Waals surface area contributed by atoms with Crippen molar-refractivity contribution in [2.24, 2.45) is 0 Å². The minimum absolute atomic E-state index is 1.11. The predicted molar refractivity (Wildman–Crippen MR) is 122 cm³/mol. The van der Waals surface area contributed by atoms with Crippen LogP contribution in [0.1, 0.15) is 22.3 Å². The van der Waals surface area contributed by atoms with Crippen LogP contribution in [0.4, 0.5) is 0 Å². The van der Waals surface area contributed by atoms with Gasteiger partial charge in [0.25, 0.3) is 0 Å². The van der Waals surface area contributed by atoms with Crippen LogP contribution in [-0.2, 0) is 0 Å². The van der Waals surface area contributed by atoms with Gasteiger partial charge in [-0.05, 0) is 37.1 Å². The monoisotopic (exact) mass is 374 g/mol. The summed E-state index contributed by atoms with van der Waals surface area (Å²) in [4.78, 5) is 0. The van der Waals surface area contributed by atoms with Gasteiger partial charge in [-0.3, -0.25) is 0 Å². The van der Waals surface area contributed by atoms with Crippen LogP contribution in [0.15, 0.2) is 36.4 Å². The molecule has 0 nitrogen and oxygen atoms in total. The zero-order valence-corrected chi connectivity index (χ0v) is 19.5. The lowest BCUT2D eigenvalue weighted by Gasteiger charge is -2.12. The molecule has 0 aliphatic rings. The molecule has 134 valence electrons. The van der Waals surface area contributed by atoms with Crippen LogP contribution in [0.5, 0.6) is 0 Å². The summed E-state index contributed by atoms with van der Waals surface area (Å²) in [6.07, 6.45) is 0. The van der Waals surface area contributed by atoms with Crippen LogP contribution in [0.25, 0.3) is 11.1 Å². The fourth-order valence-electron chi connectivity index (χ4n) is 2.49. The van der Waals surface area contributed by atoms with E-state index in [2.05, 4.69) is 112 Å². The summed E-state index contributed by atoms with van der Waals surface area (Å²) in [7, 11) is -2.85. The molecule has 0 heterocycles. The fourth-order valence-corrected chi connectivity index (χ4v) is 3.51. The van der Waals surface area contributed by atoms with E-state index in [0.29, 0.717) is 0 Å². The molecular formula is C24H30Si2. The first-order valence-corrected chi connectivity index (χ1v) is 16.2. The summed E-state index contributed by atoms with van der Waals surface area (Å²) in [6, 6.07) is 13.1. The molecule has 0 saturated heterocycles. The Labute approximate surface area is 162 Å². The summed E-state index contributed by atoms with van der Waals surface area (Å²) < 4.78 is 0. The van der Waals surface area contributed by atoms with Crippen molar-refractivity contribution in [2.45, 2.75) is 53.1 Å². The molecule has 0 fully saturated rings. The van der Waals surface area contributed by atoms with E-state index in [1.165, 1.54) is 22.3 Å². The Morgan fingerprint density at radius 2 is 0.923 bits per heavy atom. The van der Waals surface area contributed by atoms with Crippen LogP contribution in [0.3, 0.4) is 0 Å². The molecule has 0 unspecified atom stereocenters. The van der Waals surface area contributed by atoms with Gasteiger partial charge in [-0.15, -0.1) is 11.1 Å². The maximum atomic E-state index is 3.52. The maximum absolute atomic E-state index is 3.52. The molecule has 0 bridgehead atoms. The normalized spacial score (nSPS) is 11.2. The maximum Gasteiger partial charge on any atom is 0.129 e. The van der Waals surface area contributed by atoms with Gasteiger partial charge in [-0.2, -0.15) is 0 Å². The summed E-state index contributed by atoms with van der Waals surface area (Å²) in [5.74, 6) is 6.94. The van der Waals surface area contributed by atoms with Crippen molar-refractivity contribution in [3.63, 3.8) is 0 Å². The second-order valence-electron chi connectivity index (χ2n) is 9.10. The van der Waals surface area contributed by atoms with E-state index >= 15 is 0 Å². The van der Waals surface area contributed by atoms with E-state index in [-0.39, 0.29) is 0 Å². The Kier molecular flexibility index (Phi) is 6.02. The summed E-state index contributed by atoms with van der Waals surface area (Å²) in [5, 5.41) is 0. The molecule has 0 atom stereocenters. The van der Waals surface area contributed by atoms with E-state index in [9.17, 15) is 0 Å². The highest BCUT2D eigenvalue weighted by Gasteiger charge is 2.12. The Balaban J connectivity index is 2.71. The summed E-state index contributed by atoms with van der Waals surface area (Å²) in [5.41, 5.74) is 14.2. The Bertz CT molecular complexity index is 851. The van der Waals surface area contributed by atoms with Gasteiger partial charge in [-0.25, -0.2) is 0 Å². The van der Waals surface area contributed by atoms with Gasteiger partial charge in [0, 0.05) is 11.1 Å². The molecule has 0 aliphatic carbocycles. The lowest BCUT2D eigenvalue weighted by atomic mass is 9.93. The van der Waals surface area contributed by atoms with Gasteiger partial charge < -0.3 is 0 Å². The first kappa shape index (κ1) is 20.3. The van der Waals surface area contributed by atoms with Gasteiger partial charge in [0.15, 0.2) is 0 Å². The summed E-state index contributed by atoms with van der Waals surface area (Å²) >= 11 is 0. The van der Waals surface area contributed by atoms with Crippen molar-refractivity contribution in [3.8, 4) is 34.1 Å². The molecule has 26 heavy (non-hydrogen) atoms. The number of hydrogen-bond acceptors (Lipinski definition) is 0. The third-order valence-electron chi connectivity index (χ3n) is 3.78. The third-order valence-corrected chi connectivity index (χ3v) is 5.53. The average molecular weight is 375 g/mol. The number of hydrogen-bond donors (Lipinski definition) is 0. The van der Waals surface area contributed by atoms with Crippen molar-refractivity contribution in [2.75, 3.05) is 0 Å². The first-order valence-electron chi connectivity index (χ1n) is 9.23. The molecular weight excluding hydrogens is 344 g/mol. The van der Waals surface area contributed by atoms with E-state index in [0.717, 1.165) is 11.1 Å². The highest BCUT2D eigenvalue weighted by atomic mass is 28.3. The van der Waals surface area contributed by atoms with Crippen LogP contribution in [-0.4, -0.2) is 16.1 Å². The van der Waals surface area contributed by atoms with Crippen molar-refractivity contribution in [1.29, 1.82) is 0 Å². The quantitative estimate of drug-likeness (QED) is 0.398. The largest absolute Gasteiger partial charge is 0.129 e. The van der Waals surface area contributed by atoms with E-state index in [4.69, 9.17) is 0 Å². The Morgan fingerprint density at radius 1 is 0.577 bits per heavy atom. The molecule has 2 rings (SSSR count). The van der Waals surface area contributed by atoms with Crippen molar-refractivity contribution in [3.05, 3.63) is 58.7 Å². The zero-order chi connectivity index (χ0) is 19.5. The number of rotatable bonds is 1. The molecule has 0 saturated carbocycles. The average Bonchev–Trinajstić information content (AvgIpc) is 2.50. The van der Waals surface area contributed by atoms with Gasteiger partial charge in [-0.1, -0.05) is 86.5 Å². The molecule has 2 aromatic rings. The van der Waals surface area contributed by atoms with Crippen molar-refractivity contribution >= 4 is 16.1 Å². The molecule has 0 amide bonds. The van der Waals surface area contributed by atoms with Crippen LogP contribution in [0.2, 0.25) is 39.3 Å². The van der Waals surface area contributed by atoms with Crippen LogP contribution >= 0.6 is 0 Å². The third kappa shape index (κ3) is 6.06. The number of benzene rings is 2. The minimum Gasteiger partial charge on any atom is -0.127 e. The standard InChI is InChI=1S/C24H30Si2/c1-19-9-11-21(13-15-25(3,4)5)23(17-19)24-18-20(2)10-12-22(24)14-16-26(6,7)8/h9-12,17-18H,1-8H3. The first-order chi connectivity index (χ1) is 11.9. The van der Waals surface area contributed by atoms with Crippen LogP contribution in [0, 0.1) is 36.8 Å². The van der Waals surface area contributed by atoms with E-state index < -0.39 is 16.1 Å². The lowest BCUT2D eigenvalue weighted by Crippen LogP contribution is -2.16. The SMILES string of the molecule is Cc1ccc(C#C[Si](C)(C)C)c(-c2cc(C)ccc2C#C[Si](C)(C)C)c1. The fraction of sp³-hybridized carbons (Fsp3) is 0.333. The van der Waals surface area contributed by atoms with Gasteiger partial charge in [0.1, 0.15) is 16.1 Å². The highest BCUT2D eigenvalue weighted by molar-refractivity contribution is 6.84. The highest BCUT2D eigenvalue weighted by Crippen LogP contribution is 2.29. The Morgan fingerprint density at radius 3 is 1.23 bits per heavy atom. The van der Waals surface area contributed by atoms with Gasteiger partial charge in [0.05, 0.1) is 0 Å². The van der Waals surface area contributed by atoms with Crippen LogP contribution < -0.4 is 0 Å². The molecule has 0 N–H and O–H groups in total. The topological polar surface area (TPSA) is 0 Å². The van der Waals surface area contributed by atoms with E-state index in [1.807, 2.05) is 0 Å². The zero-order valence-electron chi connectivity index (χ0n) is 17.5. The van der Waals surface area contributed by atoms with Gasteiger partial charge >= 0.3 is 0 Å². The molecule has 2 heteroatoms. The Hall–Kier alpha value is -2.01. The molecule has 2 aromatic carbocycles. The van der Waals surface area contributed by atoms with Crippen molar-refractivity contribution < 1.29 is 0 Å². The molecule has 0 spiro atoms. The molecule has 0 radical (unpaired) electrons.